The van der Waals surface area contributed by atoms with Gasteiger partial charge in [-0.25, -0.2) is 4.98 Å². The summed E-state index contributed by atoms with van der Waals surface area (Å²) in [6, 6.07) is 1.29. The highest BCUT2D eigenvalue weighted by molar-refractivity contribution is 5.98. The minimum Gasteiger partial charge on any atom is -0.332 e. The SMILES string of the molecule is Cc1cc2c(c(C(F)(F)F)n1)CN(C(C)C)C2=O. The number of carbonyl (C=O) groups excluding carboxylic acids is 1. The summed E-state index contributed by atoms with van der Waals surface area (Å²) in [5.41, 5.74) is -0.607. The largest absolute Gasteiger partial charge is 0.433 e. The number of nitrogens with zero attached hydrogens (tertiary/aromatic N) is 2. The van der Waals surface area contributed by atoms with Crippen molar-refractivity contribution in [3.8, 4) is 0 Å². The molecule has 3 nitrogen and oxygen atoms in total. The summed E-state index contributed by atoms with van der Waals surface area (Å²) < 4.78 is 38.7. The molecule has 0 atom stereocenters. The summed E-state index contributed by atoms with van der Waals surface area (Å²) in [4.78, 5) is 17.0. The first-order valence-electron chi connectivity index (χ1n) is 5.60. The first kappa shape index (κ1) is 12.9. The summed E-state index contributed by atoms with van der Waals surface area (Å²) in [5.74, 6) is -0.351. The third-order valence-electron chi connectivity index (χ3n) is 2.96. The number of rotatable bonds is 1. The Labute approximate surface area is 103 Å². The Kier molecular flexibility index (Phi) is 2.83. The summed E-state index contributed by atoms with van der Waals surface area (Å²) in [6.07, 6.45) is -4.52. The van der Waals surface area contributed by atoms with Gasteiger partial charge < -0.3 is 4.90 Å². The van der Waals surface area contributed by atoms with Crippen LogP contribution in [0.3, 0.4) is 0 Å². The number of carbonyl (C=O) groups is 1. The zero-order valence-corrected chi connectivity index (χ0v) is 10.3. The molecule has 0 N–H and O–H groups in total. The second-order valence-electron chi connectivity index (χ2n) is 4.66. The molecule has 0 aromatic carbocycles. The maximum absolute atomic E-state index is 12.9. The van der Waals surface area contributed by atoms with Gasteiger partial charge in [0.2, 0.25) is 0 Å². The maximum Gasteiger partial charge on any atom is 0.433 e. The fourth-order valence-electron chi connectivity index (χ4n) is 2.10. The van der Waals surface area contributed by atoms with Gasteiger partial charge in [-0.15, -0.1) is 0 Å². The van der Waals surface area contributed by atoms with E-state index in [9.17, 15) is 18.0 Å². The van der Waals surface area contributed by atoms with Gasteiger partial charge in [-0.1, -0.05) is 0 Å². The zero-order chi connectivity index (χ0) is 13.7. The van der Waals surface area contributed by atoms with Gasteiger partial charge >= 0.3 is 6.18 Å². The highest BCUT2D eigenvalue weighted by Crippen LogP contribution is 2.36. The minimum atomic E-state index is -4.52. The van der Waals surface area contributed by atoms with E-state index in [1.807, 2.05) is 0 Å². The van der Waals surface area contributed by atoms with Crippen LogP contribution in [0, 0.1) is 6.92 Å². The van der Waals surface area contributed by atoms with Gasteiger partial charge in [-0.2, -0.15) is 13.2 Å². The Hall–Kier alpha value is -1.59. The van der Waals surface area contributed by atoms with Gasteiger partial charge in [0, 0.05) is 29.4 Å². The highest BCUT2D eigenvalue weighted by Gasteiger charge is 2.41. The number of aromatic nitrogens is 1. The number of pyridine rings is 1. The molecule has 2 heterocycles. The second kappa shape index (κ2) is 3.96. The number of hydrogen-bond donors (Lipinski definition) is 0. The number of fused-ring (bicyclic) bond motifs is 1. The molecule has 0 saturated heterocycles. The summed E-state index contributed by atoms with van der Waals surface area (Å²) in [6.45, 7) is 4.99. The molecule has 0 spiro atoms. The van der Waals surface area contributed by atoms with Crippen LogP contribution < -0.4 is 0 Å². The lowest BCUT2D eigenvalue weighted by atomic mass is 10.1. The fourth-order valence-corrected chi connectivity index (χ4v) is 2.10. The molecule has 1 aromatic heterocycles. The first-order valence-corrected chi connectivity index (χ1v) is 5.60. The van der Waals surface area contributed by atoms with E-state index >= 15 is 0 Å². The van der Waals surface area contributed by atoms with E-state index in [1.54, 1.807) is 13.8 Å². The van der Waals surface area contributed by atoms with Crippen molar-refractivity contribution < 1.29 is 18.0 Å². The van der Waals surface area contributed by atoms with E-state index in [1.165, 1.54) is 17.9 Å². The quantitative estimate of drug-likeness (QED) is 0.776. The maximum atomic E-state index is 12.9. The molecule has 1 aliphatic rings. The van der Waals surface area contributed by atoms with Crippen molar-refractivity contribution in [2.24, 2.45) is 0 Å². The van der Waals surface area contributed by atoms with Crippen LogP contribution in [0.4, 0.5) is 13.2 Å². The van der Waals surface area contributed by atoms with Gasteiger partial charge in [0.25, 0.3) is 5.91 Å². The Morgan fingerprint density at radius 2 is 2.00 bits per heavy atom. The molecular weight excluding hydrogens is 245 g/mol. The van der Waals surface area contributed by atoms with Crippen LogP contribution in [0.5, 0.6) is 0 Å². The predicted octanol–water partition coefficient (Wildman–Crippen LogP) is 2.77. The van der Waals surface area contributed by atoms with Crippen LogP contribution in [0.25, 0.3) is 0 Å². The van der Waals surface area contributed by atoms with Crippen molar-refractivity contribution in [3.63, 3.8) is 0 Å². The average molecular weight is 258 g/mol. The average Bonchev–Trinajstić information content (AvgIpc) is 2.54. The van der Waals surface area contributed by atoms with Crippen LogP contribution in [0.15, 0.2) is 6.07 Å². The molecule has 6 heteroatoms. The lowest BCUT2D eigenvalue weighted by Crippen LogP contribution is -2.30. The molecule has 0 fully saturated rings. The third-order valence-corrected chi connectivity index (χ3v) is 2.96. The summed E-state index contributed by atoms with van der Waals surface area (Å²) in [5, 5.41) is 0. The van der Waals surface area contributed by atoms with Crippen molar-refractivity contribution in [3.05, 3.63) is 28.6 Å². The second-order valence-corrected chi connectivity index (χ2v) is 4.66. The highest BCUT2D eigenvalue weighted by atomic mass is 19.4. The molecule has 0 radical (unpaired) electrons. The zero-order valence-electron chi connectivity index (χ0n) is 10.3. The molecule has 0 aliphatic carbocycles. The van der Waals surface area contributed by atoms with E-state index in [2.05, 4.69) is 4.98 Å². The predicted molar refractivity (Wildman–Crippen MR) is 59.0 cm³/mol. The van der Waals surface area contributed by atoms with Crippen LogP contribution in [0.1, 0.15) is 41.2 Å². The molecule has 0 unspecified atom stereocenters. The van der Waals surface area contributed by atoms with Crippen molar-refractivity contribution >= 4 is 5.91 Å². The molecule has 0 saturated carbocycles. The number of alkyl halides is 3. The number of aryl methyl sites for hydroxylation is 1. The van der Waals surface area contributed by atoms with Crippen molar-refractivity contribution in [2.45, 2.75) is 39.5 Å². The topological polar surface area (TPSA) is 33.2 Å². The summed E-state index contributed by atoms with van der Waals surface area (Å²) in [7, 11) is 0. The normalized spacial score (nSPS) is 15.5. The molecule has 18 heavy (non-hydrogen) atoms. The molecule has 1 aliphatic heterocycles. The Morgan fingerprint density at radius 3 is 2.50 bits per heavy atom. The Balaban J connectivity index is 2.59. The van der Waals surface area contributed by atoms with E-state index in [0.717, 1.165) is 0 Å². The van der Waals surface area contributed by atoms with E-state index in [-0.39, 0.29) is 35.3 Å². The molecule has 2 rings (SSSR count). The number of halogens is 3. The van der Waals surface area contributed by atoms with E-state index in [0.29, 0.717) is 0 Å². The van der Waals surface area contributed by atoms with Crippen molar-refractivity contribution in [1.29, 1.82) is 0 Å². The monoisotopic (exact) mass is 258 g/mol. The third kappa shape index (κ3) is 1.95. The minimum absolute atomic E-state index is 0.00759. The van der Waals surface area contributed by atoms with Crippen LogP contribution in [-0.2, 0) is 12.7 Å². The molecule has 1 amide bonds. The Bertz CT molecular complexity index is 509. The smallest absolute Gasteiger partial charge is 0.332 e. The van der Waals surface area contributed by atoms with Crippen LogP contribution in [0.2, 0.25) is 0 Å². The molecule has 0 bridgehead atoms. The Morgan fingerprint density at radius 1 is 1.39 bits per heavy atom. The summed E-state index contributed by atoms with van der Waals surface area (Å²) >= 11 is 0. The van der Waals surface area contributed by atoms with Gasteiger partial charge in [0.05, 0.1) is 0 Å². The number of hydrogen-bond acceptors (Lipinski definition) is 2. The molecule has 98 valence electrons. The van der Waals surface area contributed by atoms with Gasteiger partial charge in [-0.05, 0) is 26.8 Å². The van der Waals surface area contributed by atoms with Crippen molar-refractivity contribution in [2.75, 3.05) is 0 Å². The lowest BCUT2D eigenvalue weighted by Gasteiger charge is -2.20. The van der Waals surface area contributed by atoms with Crippen molar-refractivity contribution in [1.82, 2.24) is 9.88 Å². The molecule has 1 aromatic rings. The first-order chi connectivity index (χ1) is 8.21. The van der Waals surface area contributed by atoms with Crippen LogP contribution >= 0.6 is 0 Å². The van der Waals surface area contributed by atoms with Crippen LogP contribution in [-0.4, -0.2) is 21.8 Å². The van der Waals surface area contributed by atoms with Gasteiger partial charge in [-0.3, -0.25) is 4.79 Å². The lowest BCUT2D eigenvalue weighted by molar-refractivity contribution is -0.142. The van der Waals surface area contributed by atoms with Gasteiger partial charge in [0.1, 0.15) is 5.69 Å². The number of amides is 1. The van der Waals surface area contributed by atoms with Gasteiger partial charge in [0.15, 0.2) is 0 Å². The van der Waals surface area contributed by atoms with E-state index in [4.69, 9.17) is 0 Å². The fraction of sp³-hybridized carbons (Fsp3) is 0.500. The van der Waals surface area contributed by atoms with E-state index < -0.39 is 11.9 Å². The standard InChI is InChI=1S/C12H13F3N2O/c1-6(2)17-5-9-8(11(17)18)4-7(3)16-10(9)12(13,14)15/h4,6H,5H2,1-3H3. The molecular formula is C12H13F3N2O.